The molecule has 96 valence electrons. The van der Waals surface area contributed by atoms with Gasteiger partial charge in [-0.15, -0.1) is 22.9 Å². The predicted octanol–water partition coefficient (Wildman–Crippen LogP) is 4.73. The first-order valence-corrected chi connectivity index (χ1v) is 7.23. The van der Waals surface area contributed by atoms with E-state index in [1.807, 2.05) is 19.1 Å². The summed E-state index contributed by atoms with van der Waals surface area (Å²) < 4.78 is 5.74. The molecule has 2 aromatic rings. The van der Waals surface area contributed by atoms with E-state index in [1.165, 1.54) is 4.88 Å². The zero-order chi connectivity index (χ0) is 13.1. The fraction of sp³-hybridized carbons (Fsp3) is 0.308. The number of thiazole rings is 1. The molecule has 0 amide bonds. The van der Waals surface area contributed by atoms with Crippen molar-refractivity contribution in [2.45, 2.75) is 26.3 Å². The maximum Gasteiger partial charge on any atom is 0.140 e. The first-order chi connectivity index (χ1) is 8.60. The summed E-state index contributed by atoms with van der Waals surface area (Å²) in [6.07, 6.45) is 0. The van der Waals surface area contributed by atoms with Gasteiger partial charge >= 0.3 is 0 Å². The number of aryl methyl sites for hydroxylation is 2. The summed E-state index contributed by atoms with van der Waals surface area (Å²) in [5.74, 6) is 1.14. The highest BCUT2D eigenvalue weighted by Crippen LogP contribution is 2.26. The molecule has 0 unspecified atom stereocenters. The van der Waals surface area contributed by atoms with Gasteiger partial charge in [-0.3, -0.25) is 0 Å². The molecule has 0 saturated carbocycles. The highest BCUT2D eigenvalue weighted by molar-refractivity contribution is 7.11. The maximum atomic E-state index is 5.91. The van der Waals surface area contributed by atoms with Crippen molar-refractivity contribution in [1.29, 1.82) is 0 Å². The summed E-state index contributed by atoms with van der Waals surface area (Å²) in [7, 11) is 0. The second-order valence-corrected chi connectivity index (χ2v) is 5.91. The lowest BCUT2D eigenvalue weighted by Gasteiger charge is -2.08. The molecule has 0 fully saturated rings. The second kappa shape index (κ2) is 5.91. The Hall–Kier alpha value is -0.770. The van der Waals surface area contributed by atoms with Gasteiger partial charge in [-0.05, 0) is 32.0 Å². The van der Waals surface area contributed by atoms with E-state index in [0.717, 1.165) is 22.0 Å². The summed E-state index contributed by atoms with van der Waals surface area (Å²) in [5.41, 5.74) is 1.96. The van der Waals surface area contributed by atoms with E-state index in [4.69, 9.17) is 27.9 Å². The van der Waals surface area contributed by atoms with Crippen LogP contribution in [0.4, 0.5) is 0 Å². The summed E-state index contributed by atoms with van der Waals surface area (Å²) in [4.78, 5) is 5.66. The van der Waals surface area contributed by atoms with Crippen LogP contribution in [0.1, 0.15) is 21.1 Å². The molecule has 1 aromatic heterocycles. The van der Waals surface area contributed by atoms with E-state index < -0.39 is 0 Å². The van der Waals surface area contributed by atoms with Gasteiger partial charge in [0.2, 0.25) is 0 Å². The first-order valence-electron chi connectivity index (χ1n) is 5.50. The quantitative estimate of drug-likeness (QED) is 0.762. The molecule has 18 heavy (non-hydrogen) atoms. The molecular weight excluding hydrogens is 289 g/mol. The van der Waals surface area contributed by atoms with Gasteiger partial charge in [-0.25, -0.2) is 4.98 Å². The Balaban J connectivity index is 2.10. The molecule has 1 aromatic carbocycles. The topological polar surface area (TPSA) is 22.1 Å². The van der Waals surface area contributed by atoms with E-state index >= 15 is 0 Å². The number of alkyl halides is 1. The van der Waals surface area contributed by atoms with Crippen LogP contribution < -0.4 is 4.74 Å². The molecule has 0 aliphatic carbocycles. The molecule has 0 spiro atoms. The lowest BCUT2D eigenvalue weighted by atomic mass is 10.2. The number of halogens is 2. The molecule has 0 atom stereocenters. The molecule has 5 heteroatoms. The molecule has 2 nitrogen and oxygen atoms in total. The minimum Gasteiger partial charge on any atom is -0.486 e. The van der Waals surface area contributed by atoms with E-state index in [1.54, 1.807) is 17.4 Å². The lowest BCUT2D eigenvalue weighted by molar-refractivity contribution is 0.303. The zero-order valence-electron chi connectivity index (χ0n) is 10.2. The van der Waals surface area contributed by atoms with Crippen LogP contribution in [0.15, 0.2) is 18.2 Å². The van der Waals surface area contributed by atoms with Gasteiger partial charge in [0, 0.05) is 15.5 Å². The summed E-state index contributed by atoms with van der Waals surface area (Å²) in [5, 5.41) is 1.64. The van der Waals surface area contributed by atoms with Crippen LogP contribution in [0.3, 0.4) is 0 Å². The third-order valence-electron chi connectivity index (χ3n) is 2.59. The Morgan fingerprint density at radius 2 is 2.11 bits per heavy atom. The number of aromatic nitrogens is 1. The monoisotopic (exact) mass is 301 g/mol. The summed E-state index contributed by atoms with van der Waals surface area (Å²) in [6, 6.07) is 5.46. The van der Waals surface area contributed by atoms with Gasteiger partial charge in [-0.1, -0.05) is 11.6 Å². The minimum atomic E-state index is 0.381. The average molecular weight is 302 g/mol. The molecule has 1 heterocycles. The van der Waals surface area contributed by atoms with Crippen LogP contribution >= 0.6 is 34.5 Å². The van der Waals surface area contributed by atoms with Crippen molar-refractivity contribution in [1.82, 2.24) is 4.98 Å². The van der Waals surface area contributed by atoms with Gasteiger partial charge in [-0.2, -0.15) is 0 Å². The lowest BCUT2D eigenvalue weighted by Crippen LogP contribution is -1.97. The normalized spacial score (nSPS) is 10.7. The fourth-order valence-electron chi connectivity index (χ4n) is 1.53. The van der Waals surface area contributed by atoms with Crippen LogP contribution in [-0.4, -0.2) is 4.98 Å². The van der Waals surface area contributed by atoms with Gasteiger partial charge in [0.05, 0.1) is 11.6 Å². The van der Waals surface area contributed by atoms with Gasteiger partial charge in [0.1, 0.15) is 17.4 Å². The van der Waals surface area contributed by atoms with Crippen LogP contribution in [0.25, 0.3) is 0 Å². The number of nitrogens with zero attached hydrogens (tertiary/aromatic N) is 1. The molecule has 0 saturated heterocycles. The third kappa shape index (κ3) is 3.16. The van der Waals surface area contributed by atoms with E-state index in [9.17, 15) is 0 Å². The van der Waals surface area contributed by atoms with Crippen molar-refractivity contribution in [3.8, 4) is 5.75 Å². The van der Waals surface area contributed by atoms with Gasteiger partial charge in [0.15, 0.2) is 0 Å². The second-order valence-electron chi connectivity index (χ2n) is 3.92. The Morgan fingerprint density at radius 3 is 2.72 bits per heavy atom. The van der Waals surface area contributed by atoms with Crippen molar-refractivity contribution in [3.63, 3.8) is 0 Å². The third-order valence-corrected chi connectivity index (χ3v) is 4.16. The Morgan fingerprint density at radius 1 is 1.33 bits per heavy atom. The fourth-order valence-corrected chi connectivity index (χ4v) is 2.78. The first kappa shape index (κ1) is 13.7. The molecular formula is C13H13Cl2NOS. The average Bonchev–Trinajstić information content (AvgIpc) is 2.67. The molecule has 0 aliphatic rings. The smallest absolute Gasteiger partial charge is 0.140 e. The Bertz CT molecular complexity index is 534. The molecule has 0 aliphatic heterocycles. The molecule has 2 rings (SSSR count). The van der Waals surface area contributed by atoms with Crippen molar-refractivity contribution < 1.29 is 4.74 Å². The highest BCUT2D eigenvalue weighted by Gasteiger charge is 2.07. The van der Waals surface area contributed by atoms with Crippen LogP contribution in [0, 0.1) is 13.8 Å². The molecule has 0 bridgehead atoms. The number of hydrogen-bond acceptors (Lipinski definition) is 3. The van der Waals surface area contributed by atoms with Gasteiger partial charge in [0.25, 0.3) is 0 Å². The van der Waals surface area contributed by atoms with Crippen molar-refractivity contribution in [3.05, 3.63) is 44.4 Å². The summed E-state index contributed by atoms with van der Waals surface area (Å²) >= 11 is 13.4. The van der Waals surface area contributed by atoms with Crippen LogP contribution in [0.5, 0.6) is 5.75 Å². The van der Waals surface area contributed by atoms with Crippen molar-refractivity contribution in [2.24, 2.45) is 0 Å². The molecule has 0 radical (unpaired) electrons. The predicted molar refractivity (Wildman–Crippen MR) is 76.9 cm³/mol. The standard InChI is InChI=1S/C13H13Cl2NOS/c1-8-9(2)18-13(16-8)7-17-12-4-3-11(15)5-10(12)6-14/h3-5H,6-7H2,1-2H3. The Labute approximate surface area is 121 Å². The van der Waals surface area contributed by atoms with E-state index in [2.05, 4.69) is 11.9 Å². The van der Waals surface area contributed by atoms with E-state index in [0.29, 0.717) is 17.5 Å². The zero-order valence-corrected chi connectivity index (χ0v) is 12.5. The number of hydrogen-bond donors (Lipinski definition) is 0. The number of benzene rings is 1. The van der Waals surface area contributed by atoms with Crippen LogP contribution in [-0.2, 0) is 12.5 Å². The minimum absolute atomic E-state index is 0.381. The van der Waals surface area contributed by atoms with Gasteiger partial charge < -0.3 is 4.74 Å². The SMILES string of the molecule is Cc1nc(COc2ccc(Cl)cc2CCl)sc1C. The van der Waals surface area contributed by atoms with E-state index in [-0.39, 0.29) is 0 Å². The van der Waals surface area contributed by atoms with Crippen molar-refractivity contribution in [2.75, 3.05) is 0 Å². The summed E-state index contributed by atoms with van der Waals surface area (Å²) in [6.45, 7) is 4.52. The Kier molecular flexibility index (Phi) is 4.49. The number of rotatable bonds is 4. The largest absolute Gasteiger partial charge is 0.486 e. The van der Waals surface area contributed by atoms with Crippen molar-refractivity contribution >= 4 is 34.5 Å². The van der Waals surface area contributed by atoms with Crippen LogP contribution in [0.2, 0.25) is 5.02 Å². The number of ether oxygens (including phenoxy) is 1. The molecule has 0 N–H and O–H groups in total. The highest BCUT2D eigenvalue weighted by atomic mass is 35.5. The maximum absolute atomic E-state index is 5.91.